The summed E-state index contributed by atoms with van der Waals surface area (Å²) in [7, 11) is 0. The van der Waals surface area contributed by atoms with Crippen LogP contribution in [0.4, 0.5) is 0 Å². The number of imidazole rings is 1. The molecule has 4 heterocycles. The van der Waals surface area contributed by atoms with Gasteiger partial charge in [0.2, 0.25) is 0 Å². The molecule has 3 aromatic heterocycles. The van der Waals surface area contributed by atoms with E-state index in [9.17, 15) is 9.59 Å². The SMILES string of the molecule is Cc1cccc(-c2sc(C)nc2C(=O)N2C(CNC(=O)c3nc4sccn4c3C)CC3C[C@@H]32)c1. The fourth-order valence-electron chi connectivity index (χ4n) is 5.14. The van der Waals surface area contributed by atoms with Crippen molar-refractivity contribution in [2.45, 2.75) is 45.7 Å². The molecule has 34 heavy (non-hydrogen) atoms. The van der Waals surface area contributed by atoms with E-state index in [1.807, 2.05) is 46.9 Å². The molecule has 3 atom stereocenters. The number of fused-ring (bicyclic) bond motifs is 2. The van der Waals surface area contributed by atoms with Crippen molar-refractivity contribution in [2.24, 2.45) is 5.92 Å². The van der Waals surface area contributed by atoms with Gasteiger partial charge in [-0.15, -0.1) is 22.7 Å². The minimum absolute atomic E-state index is 0.0243. The average molecular weight is 492 g/mol. The Hall–Kier alpha value is -3.04. The van der Waals surface area contributed by atoms with Gasteiger partial charge in [0.15, 0.2) is 10.7 Å². The smallest absolute Gasteiger partial charge is 0.274 e. The summed E-state index contributed by atoms with van der Waals surface area (Å²) in [6.07, 6.45) is 3.87. The largest absolute Gasteiger partial charge is 0.349 e. The van der Waals surface area contributed by atoms with Crippen molar-refractivity contribution >= 4 is 39.4 Å². The van der Waals surface area contributed by atoms with Crippen molar-refractivity contribution in [3.63, 3.8) is 0 Å². The van der Waals surface area contributed by atoms with Gasteiger partial charge >= 0.3 is 0 Å². The molecule has 2 amide bonds. The van der Waals surface area contributed by atoms with Crippen LogP contribution in [-0.2, 0) is 0 Å². The van der Waals surface area contributed by atoms with Crippen molar-refractivity contribution in [1.82, 2.24) is 24.6 Å². The number of thiazole rings is 2. The Labute approximate surface area is 205 Å². The van der Waals surface area contributed by atoms with Crippen molar-refractivity contribution in [2.75, 3.05) is 6.54 Å². The summed E-state index contributed by atoms with van der Waals surface area (Å²) < 4.78 is 1.93. The molecule has 174 valence electrons. The standard InChI is InChI=1S/C25H25N5O2S2/c1-13-5-4-6-16(9-13)22-21(27-15(3)34-22)24(32)30-18(10-17-11-19(17)30)12-26-23(31)20-14(2)29-7-8-33-25(29)28-20/h4-9,17-19H,10-12H2,1-3H3,(H,26,31)/t17?,18?,19-/m0/s1. The molecular formula is C25H25N5O2S2. The van der Waals surface area contributed by atoms with E-state index in [1.165, 1.54) is 11.3 Å². The predicted molar refractivity (Wildman–Crippen MR) is 134 cm³/mol. The molecule has 1 N–H and O–H groups in total. The fraction of sp³-hybridized carbons (Fsp3) is 0.360. The molecule has 1 saturated carbocycles. The minimum atomic E-state index is -0.189. The summed E-state index contributed by atoms with van der Waals surface area (Å²) in [4.78, 5) is 39.5. The molecule has 1 aliphatic heterocycles. The number of likely N-dealkylation sites (tertiary alicyclic amines) is 1. The molecule has 1 aliphatic carbocycles. The van der Waals surface area contributed by atoms with Gasteiger partial charge in [0.05, 0.1) is 21.6 Å². The van der Waals surface area contributed by atoms with Crippen molar-refractivity contribution < 1.29 is 9.59 Å². The third kappa shape index (κ3) is 3.54. The molecular weight excluding hydrogens is 466 g/mol. The van der Waals surface area contributed by atoms with E-state index >= 15 is 0 Å². The number of nitrogens with one attached hydrogen (secondary N) is 1. The summed E-state index contributed by atoms with van der Waals surface area (Å²) in [5.74, 6) is 0.308. The molecule has 1 saturated heterocycles. The van der Waals surface area contributed by atoms with E-state index in [-0.39, 0.29) is 23.9 Å². The highest BCUT2D eigenvalue weighted by atomic mass is 32.1. The Morgan fingerprint density at radius 2 is 2.00 bits per heavy atom. The van der Waals surface area contributed by atoms with Crippen LogP contribution in [0.3, 0.4) is 0 Å². The number of benzene rings is 1. The summed E-state index contributed by atoms with van der Waals surface area (Å²) in [5, 5.41) is 5.88. The molecule has 1 aromatic carbocycles. The molecule has 2 fully saturated rings. The third-order valence-corrected chi connectivity index (χ3v) is 8.65. The second kappa shape index (κ2) is 8.02. The lowest BCUT2D eigenvalue weighted by Gasteiger charge is -2.27. The number of carbonyl (C=O) groups is 2. The lowest BCUT2D eigenvalue weighted by atomic mass is 10.1. The van der Waals surface area contributed by atoms with Crippen LogP contribution in [0.1, 0.15) is 50.1 Å². The first-order chi connectivity index (χ1) is 16.4. The highest BCUT2D eigenvalue weighted by Crippen LogP contribution is 2.48. The maximum absolute atomic E-state index is 13.8. The summed E-state index contributed by atoms with van der Waals surface area (Å²) in [6, 6.07) is 8.43. The van der Waals surface area contributed by atoms with Gasteiger partial charge < -0.3 is 10.2 Å². The average Bonchev–Trinajstić information content (AvgIpc) is 3.19. The Balaban J connectivity index is 1.23. The molecule has 0 bridgehead atoms. The van der Waals surface area contributed by atoms with Crippen LogP contribution in [0, 0.1) is 26.7 Å². The molecule has 2 unspecified atom stereocenters. The second-order valence-electron chi connectivity index (χ2n) is 9.26. The first-order valence-corrected chi connectivity index (χ1v) is 13.2. The summed E-state index contributed by atoms with van der Waals surface area (Å²) in [5.41, 5.74) is 3.99. The number of amides is 2. The van der Waals surface area contributed by atoms with Crippen LogP contribution in [0.2, 0.25) is 0 Å². The number of aromatic nitrogens is 3. The Morgan fingerprint density at radius 1 is 1.15 bits per heavy atom. The van der Waals surface area contributed by atoms with Gasteiger partial charge in [0.25, 0.3) is 11.8 Å². The van der Waals surface area contributed by atoms with E-state index in [0.29, 0.717) is 23.9 Å². The Morgan fingerprint density at radius 3 is 2.79 bits per heavy atom. The zero-order chi connectivity index (χ0) is 23.6. The van der Waals surface area contributed by atoms with Gasteiger partial charge in [0.1, 0.15) is 5.69 Å². The first-order valence-electron chi connectivity index (χ1n) is 11.5. The number of nitrogens with zero attached hydrogens (tertiary/aromatic N) is 4. The quantitative estimate of drug-likeness (QED) is 0.447. The Bertz CT molecular complexity index is 1430. The van der Waals surface area contributed by atoms with Gasteiger partial charge in [-0.1, -0.05) is 29.8 Å². The number of aryl methyl sites for hydroxylation is 3. The third-order valence-electron chi connectivity index (χ3n) is 6.88. The van der Waals surface area contributed by atoms with Crippen LogP contribution in [0.15, 0.2) is 35.8 Å². The molecule has 6 rings (SSSR count). The van der Waals surface area contributed by atoms with Crippen LogP contribution < -0.4 is 5.32 Å². The first kappa shape index (κ1) is 21.5. The molecule has 4 aromatic rings. The lowest BCUT2D eigenvalue weighted by molar-refractivity contribution is 0.0684. The van der Waals surface area contributed by atoms with Crippen LogP contribution in [0.25, 0.3) is 15.4 Å². The summed E-state index contributed by atoms with van der Waals surface area (Å²) >= 11 is 3.07. The zero-order valence-corrected chi connectivity index (χ0v) is 20.9. The fourth-order valence-corrected chi connectivity index (χ4v) is 6.81. The maximum Gasteiger partial charge on any atom is 0.274 e. The van der Waals surface area contributed by atoms with E-state index in [1.54, 1.807) is 11.3 Å². The number of hydrogen-bond donors (Lipinski definition) is 1. The van der Waals surface area contributed by atoms with Gasteiger partial charge in [-0.25, -0.2) is 9.97 Å². The van der Waals surface area contributed by atoms with Gasteiger partial charge in [-0.2, -0.15) is 0 Å². The number of hydrogen-bond acceptors (Lipinski definition) is 6. The van der Waals surface area contributed by atoms with Crippen molar-refractivity contribution in [3.05, 3.63) is 63.5 Å². The number of rotatable bonds is 5. The molecule has 2 aliphatic rings. The molecule has 9 heteroatoms. The molecule has 7 nitrogen and oxygen atoms in total. The second-order valence-corrected chi connectivity index (χ2v) is 11.3. The molecule has 0 radical (unpaired) electrons. The minimum Gasteiger partial charge on any atom is -0.349 e. The number of carbonyl (C=O) groups excluding carboxylic acids is 2. The van der Waals surface area contributed by atoms with Gasteiger partial charge in [-0.3, -0.25) is 14.0 Å². The normalized spacial score (nSPS) is 21.1. The predicted octanol–water partition coefficient (Wildman–Crippen LogP) is 4.48. The van der Waals surface area contributed by atoms with Crippen LogP contribution in [-0.4, -0.2) is 49.7 Å². The summed E-state index contributed by atoms with van der Waals surface area (Å²) in [6.45, 7) is 6.32. The van der Waals surface area contributed by atoms with Crippen LogP contribution >= 0.6 is 22.7 Å². The van der Waals surface area contributed by atoms with Crippen molar-refractivity contribution in [1.29, 1.82) is 0 Å². The highest BCUT2D eigenvalue weighted by molar-refractivity contribution is 7.15. The topological polar surface area (TPSA) is 79.6 Å². The molecule has 0 spiro atoms. The lowest BCUT2D eigenvalue weighted by Crippen LogP contribution is -2.45. The van der Waals surface area contributed by atoms with Gasteiger partial charge in [0, 0.05) is 24.2 Å². The Kier molecular flexibility index (Phi) is 5.07. The van der Waals surface area contributed by atoms with E-state index in [0.717, 1.165) is 44.5 Å². The number of piperidine rings is 1. The maximum atomic E-state index is 13.8. The van der Waals surface area contributed by atoms with Gasteiger partial charge in [-0.05, 0) is 45.1 Å². The highest BCUT2D eigenvalue weighted by Gasteiger charge is 2.54. The van der Waals surface area contributed by atoms with Crippen molar-refractivity contribution in [3.8, 4) is 10.4 Å². The van der Waals surface area contributed by atoms with E-state index in [4.69, 9.17) is 0 Å². The van der Waals surface area contributed by atoms with Crippen LogP contribution in [0.5, 0.6) is 0 Å². The van der Waals surface area contributed by atoms with E-state index in [2.05, 4.69) is 34.3 Å². The van der Waals surface area contributed by atoms with E-state index < -0.39 is 0 Å². The zero-order valence-electron chi connectivity index (χ0n) is 19.2. The monoisotopic (exact) mass is 491 g/mol.